The highest BCUT2D eigenvalue weighted by Gasteiger charge is 2.39. The first-order chi connectivity index (χ1) is 12.7. The van der Waals surface area contributed by atoms with Crippen LogP contribution in [0.1, 0.15) is 31.4 Å². The Morgan fingerprint density at radius 1 is 1.04 bits per heavy atom. The predicted octanol–water partition coefficient (Wildman–Crippen LogP) is 3.65. The zero-order chi connectivity index (χ0) is 19.5. The molecular formula is C22H27NO3S. The molecule has 0 saturated heterocycles. The second-order valence-electron chi connectivity index (χ2n) is 7.87. The molecule has 0 saturated carbocycles. The molecule has 5 heteroatoms. The summed E-state index contributed by atoms with van der Waals surface area (Å²) in [4.78, 5) is 0. The van der Waals surface area contributed by atoms with E-state index in [1.807, 2.05) is 26.0 Å². The lowest BCUT2D eigenvalue weighted by atomic mass is 9.73. The van der Waals surface area contributed by atoms with Crippen LogP contribution in [0.4, 0.5) is 0 Å². The van der Waals surface area contributed by atoms with Crippen molar-refractivity contribution in [2.75, 3.05) is 12.9 Å². The summed E-state index contributed by atoms with van der Waals surface area (Å²) in [7, 11) is -3.46. The maximum Gasteiger partial charge on any atom is 0.264 e. The second kappa shape index (κ2) is 7.58. The normalized spacial score (nSPS) is 19.3. The van der Waals surface area contributed by atoms with E-state index in [4.69, 9.17) is 4.18 Å². The number of hydrogen-bond acceptors (Lipinski definition) is 4. The topological polar surface area (TPSA) is 55.4 Å². The van der Waals surface area contributed by atoms with Crippen LogP contribution < -0.4 is 5.32 Å². The fourth-order valence-corrected chi connectivity index (χ4v) is 4.24. The molecule has 0 radical (unpaired) electrons. The van der Waals surface area contributed by atoms with Gasteiger partial charge in [0.25, 0.3) is 10.1 Å². The molecular weight excluding hydrogens is 358 g/mol. The fourth-order valence-electron chi connectivity index (χ4n) is 3.73. The molecule has 27 heavy (non-hydrogen) atoms. The molecule has 0 fully saturated rings. The Morgan fingerprint density at radius 3 is 2.04 bits per heavy atom. The highest BCUT2D eigenvalue weighted by molar-refractivity contribution is 7.85. The highest BCUT2D eigenvalue weighted by Crippen LogP contribution is 2.42. The van der Waals surface area contributed by atoms with Crippen molar-refractivity contribution in [3.63, 3.8) is 0 Å². The van der Waals surface area contributed by atoms with Gasteiger partial charge in [-0.25, -0.2) is 0 Å². The van der Waals surface area contributed by atoms with Crippen molar-refractivity contribution in [1.82, 2.24) is 5.32 Å². The molecule has 2 aromatic carbocycles. The Balaban J connectivity index is 1.83. The Labute approximate surface area is 162 Å². The molecule has 0 heterocycles. The molecule has 0 amide bonds. The van der Waals surface area contributed by atoms with Crippen LogP contribution in [0, 0.1) is 0 Å². The molecule has 0 spiro atoms. The van der Waals surface area contributed by atoms with Crippen molar-refractivity contribution in [3.05, 3.63) is 83.9 Å². The van der Waals surface area contributed by atoms with Gasteiger partial charge >= 0.3 is 0 Å². The van der Waals surface area contributed by atoms with Gasteiger partial charge in [0, 0.05) is 17.0 Å². The zero-order valence-corrected chi connectivity index (χ0v) is 16.9. The summed E-state index contributed by atoms with van der Waals surface area (Å²) >= 11 is 0. The predicted molar refractivity (Wildman–Crippen MR) is 109 cm³/mol. The van der Waals surface area contributed by atoms with Crippen LogP contribution in [0.3, 0.4) is 0 Å². The van der Waals surface area contributed by atoms with Gasteiger partial charge in [-0.1, -0.05) is 72.8 Å². The first kappa shape index (κ1) is 19.8. The lowest BCUT2D eigenvalue weighted by Gasteiger charge is -2.33. The van der Waals surface area contributed by atoms with E-state index in [0.29, 0.717) is 0 Å². The molecule has 0 aromatic heterocycles. The Kier molecular flexibility index (Phi) is 5.56. The van der Waals surface area contributed by atoms with E-state index >= 15 is 0 Å². The third kappa shape index (κ3) is 4.86. The maximum atomic E-state index is 11.3. The first-order valence-electron chi connectivity index (χ1n) is 9.13. The lowest BCUT2D eigenvalue weighted by Crippen LogP contribution is -2.49. The number of allylic oxidation sites excluding steroid dienone is 1. The van der Waals surface area contributed by atoms with E-state index in [0.717, 1.165) is 12.7 Å². The zero-order valence-electron chi connectivity index (χ0n) is 16.1. The van der Waals surface area contributed by atoms with Crippen LogP contribution in [0.5, 0.6) is 0 Å². The van der Waals surface area contributed by atoms with Crippen molar-refractivity contribution in [2.45, 2.75) is 37.3 Å². The summed E-state index contributed by atoms with van der Waals surface area (Å²) in [6, 6.07) is 21.1. The van der Waals surface area contributed by atoms with E-state index in [-0.39, 0.29) is 18.1 Å². The van der Waals surface area contributed by atoms with Crippen LogP contribution >= 0.6 is 0 Å². The molecule has 4 nitrogen and oxygen atoms in total. The quantitative estimate of drug-likeness (QED) is 0.584. The minimum atomic E-state index is -3.46. The van der Waals surface area contributed by atoms with Crippen molar-refractivity contribution in [1.29, 1.82) is 0 Å². The largest absolute Gasteiger partial charge is 0.303 e. The van der Waals surface area contributed by atoms with Gasteiger partial charge in [0.1, 0.15) is 0 Å². The van der Waals surface area contributed by atoms with Gasteiger partial charge < -0.3 is 5.32 Å². The van der Waals surface area contributed by atoms with Crippen LogP contribution in [0.15, 0.2) is 72.8 Å². The maximum absolute atomic E-state index is 11.3. The second-order valence-corrected chi connectivity index (χ2v) is 9.51. The summed E-state index contributed by atoms with van der Waals surface area (Å²) in [5.74, 6) is 0. The summed E-state index contributed by atoms with van der Waals surface area (Å²) < 4.78 is 27.7. The smallest absolute Gasteiger partial charge is 0.264 e. The molecule has 1 aliphatic rings. The summed E-state index contributed by atoms with van der Waals surface area (Å²) in [6.45, 7) is 4.01. The minimum Gasteiger partial charge on any atom is -0.303 e. The van der Waals surface area contributed by atoms with Gasteiger partial charge in [-0.15, -0.1) is 0 Å². The van der Waals surface area contributed by atoms with Gasteiger partial charge in [-0.05, 0) is 31.4 Å². The summed E-state index contributed by atoms with van der Waals surface area (Å²) in [5, 5.41) is 3.55. The van der Waals surface area contributed by atoms with E-state index in [9.17, 15) is 8.42 Å². The van der Waals surface area contributed by atoms with E-state index in [1.54, 1.807) is 0 Å². The monoisotopic (exact) mass is 385 g/mol. The lowest BCUT2D eigenvalue weighted by molar-refractivity contribution is 0.204. The van der Waals surface area contributed by atoms with E-state index in [2.05, 4.69) is 66.0 Å². The molecule has 144 valence electrons. The third-order valence-electron chi connectivity index (χ3n) is 4.94. The number of hydrogen-bond donors (Lipinski definition) is 1. The van der Waals surface area contributed by atoms with Gasteiger partial charge in [0.05, 0.1) is 12.9 Å². The van der Waals surface area contributed by atoms with Crippen molar-refractivity contribution >= 4 is 10.1 Å². The first-order valence-corrected chi connectivity index (χ1v) is 10.9. The van der Waals surface area contributed by atoms with Crippen LogP contribution in [-0.4, -0.2) is 32.9 Å². The Hall–Kier alpha value is -1.95. The average Bonchev–Trinajstić information content (AvgIpc) is 3.05. The highest BCUT2D eigenvalue weighted by atomic mass is 32.2. The standard InChI is InChI=1S/C22H27NO3S/c1-21(2,17-26-27(3,24)25)23-20-14-15-22(16-20,18-10-6-4-7-11-18)19-12-8-5-9-13-19/h4-15,20,23H,16-17H2,1-3H3. The summed E-state index contributed by atoms with van der Waals surface area (Å²) in [6.07, 6.45) is 6.39. The Bertz CT molecular complexity index is 850. The molecule has 0 aliphatic heterocycles. The molecule has 1 aliphatic carbocycles. The summed E-state index contributed by atoms with van der Waals surface area (Å²) in [5.41, 5.74) is 1.83. The average molecular weight is 386 g/mol. The van der Waals surface area contributed by atoms with Gasteiger partial charge in [-0.2, -0.15) is 8.42 Å². The van der Waals surface area contributed by atoms with E-state index < -0.39 is 15.7 Å². The van der Waals surface area contributed by atoms with Crippen LogP contribution in [0.25, 0.3) is 0 Å². The molecule has 3 rings (SSSR count). The van der Waals surface area contributed by atoms with Crippen molar-refractivity contribution in [3.8, 4) is 0 Å². The molecule has 1 unspecified atom stereocenters. The number of benzene rings is 2. The number of rotatable bonds is 7. The number of nitrogens with one attached hydrogen (secondary N) is 1. The SMILES string of the molecule is CC(C)(COS(C)(=O)=O)NC1C=CC(c2ccccc2)(c2ccccc2)C1. The van der Waals surface area contributed by atoms with Crippen LogP contribution in [0.2, 0.25) is 0 Å². The Morgan fingerprint density at radius 2 is 1.56 bits per heavy atom. The molecule has 0 bridgehead atoms. The molecule has 1 atom stereocenters. The van der Waals surface area contributed by atoms with E-state index in [1.165, 1.54) is 11.1 Å². The van der Waals surface area contributed by atoms with Crippen molar-refractivity contribution in [2.24, 2.45) is 0 Å². The third-order valence-corrected chi connectivity index (χ3v) is 5.49. The van der Waals surface area contributed by atoms with Gasteiger partial charge in [0.15, 0.2) is 0 Å². The van der Waals surface area contributed by atoms with Gasteiger partial charge in [-0.3, -0.25) is 4.18 Å². The minimum absolute atomic E-state index is 0.0971. The molecule has 1 N–H and O–H groups in total. The fraction of sp³-hybridized carbons (Fsp3) is 0.364. The molecule has 2 aromatic rings. The van der Waals surface area contributed by atoms with Gasteiger partial charge in [0.2, 0.25) is 0 Å². The van der Waals surface area contributed by atoms with Crippen LogP contribution in [-0.2, 0) is 19.7 Å². The van der Waals surface area contributed by atoms with Crippen molar-refractivity contribution < 1.29 is 12.6 Å².